The number of carbonyl (C=O) groups excluding carboxylic acids is 1. The molecule has 5 N–H and O–H groups in total. The van der Waals surface area contributed by atoms with Gasteiger partial charge in [0.05, 0.1) is 29.4 Å². The number of benzene rings is 2. The number of nitrogens with zero attached hydrogens (tertiary/aromatic N) is 5. The zero-order valence-electron chi connectivity index (χ0n) is 22.8. The lowest BCUT2D eigenvalue weighted by atomic mass is 10.0. The predicted octanol–water partition coefficient (Wildman–Crippen LogP) is 5.29. The zero-order valence-corrected chi connectivity index (χ0v) is 23.6. The highest BCUT2D eigenvalue weighted by Crippen LogP contribution is 2.52. The van der Waals surface area contributed by atoms with E-state index in [0.717, 1.165) is 29.4 Å². The number of carbonyl (C=O) groups is 1. The summed E-state index contributed by atoms with van der Waals surface area (Å²) in [5.74, 6) is -2.87. The van der Waals surface area contributed by atoms with Crippen LogP contribution >= 0.6 is 11.6 Å². The number of guanidine groups is 1. The number of aliphatic imine (C=N–C) groups is 2. The second kappa shape index (κ2) is 12.7. The lowest BCUT2D eigenvalue weighted by molar-refractivity contribution is -0.238. The molecule has 1 fully saturated rings. The number of ether oxygens (including phenoxy) is 1. The van der Waals surface area contributed by atoms with E-state index in [1.54, 1.807) is 0 Å². The number of halogens is 7. The maximum atomic E-state index is 15.4. The fourth-order valence-electron chi connectivity index (χ4n) is 4.37. The summed E-state index contributed by atoms with van der Waals surface area (Å²) < 4.78 is 88.3. The van der Waals surface area contributed by atoms with E-state index in [1.807, 2.05) is 0 Å². The van der Waals surface area contributed by atoms with Crippen LogP contribution in [0.5, 0.6) is 0 Å². The van der Waals surface area contributed by atoms with Crippen LogP contribution in [0.4, 0.5) is 26.3 Å². The largest absolute Gasteiger partial charge is 0.417 e. The van der Waals surface area contributed by atoms with Gasteiger partial charge in [-0.15, -0.1) is 0 Å². The number of aromatic nitrogens is 2. The number of hydrogen-bond donors (Lipinski definition) is 3. The second-order valence-corrected chi connectivity index (χ2v) is 10.0. The van der Waals surface area contributed by atoms with Gasteiger partial charge in [-0.25, -0.2) is 14.1 Å². The van der Waals surface area contributed by atoms with Gasteiger partial charge in [0.2, 0.25) is 0 Å². The Morgan fingerprint density at radius 3 is 2.45 bits per heavy atom. The Labute approximate surface area is 251 Å². The summed E-state index contributed by atoms with van der Waals surface area (Å²) in [6.45, 7) is -3.68. The van der Waals surface area contributed by atoms with E-state index >= 15 is 4.39 Å². The predicted molar refractivity (Wildman–Crippen MR) is 150 cm³/mol. The van der Waals surface area contributed by atoms with Crippen molar-refractivity contribution >= 4 is 35.6 Å². The van der Waals surface area contributed by atoms with Gasteiger partial charge in [0.25, 0.3) is 5.91 Å². The number of amides is 1. The van der Waals surface area contributed by atoms with Crippen molar-refractivity contribution < 1.29 is 35.9 Å². The minimum atomic E-state index is -4.71. The van der Waals surface area contributed by atoms with Crippen molar-refractivity contribution in [3.8, 4) is 11.1 Å². The fraction of sp³-hybridized carbons (Fsp3) is 0.296. The number of rotatable bonds is 10. The summed E-state index contributed by atoms with van der Waals surface area (Å²) in [5.41, 5.74) is 9.48. The molecular weight excluding hydrogens is 618 g/mol. The molecule has 1 saturated carbocycles. The van der Waals surface area contributed by atoms with Gasteiger partial charge in [0.1, 0.15) is 18.0 Å². The molecule has 0 bridgehead atoms. The van der Waals surface area contributed by atoms with Crippen LogP contribution in [0.3, 0.4) is 0 Å². The first kappa shape index (κ1) is 32.5. The van der Waals surface area contributed by atoms with Gasteiger partial charge >= 0.3 is 12.7 Å². The highest BCUT2D eigenvalue weighted by molar-refractivity contribution is 6.34. The highest BCUT2D eigenvalue weighted by Gasteiger charge is 2.65. The quantitative estimate of drug-likeness (QED) is 0.156. The van der Waals surface area contributed by atoms with Gasteiger partial charge in [0.15, 0.2) is 11.6 Å². The van der Waals surface area contributed by atoms with Crippen molar-refractivity contribution in [1.82, 2.24) is 14.7 Å². The number of nitrogens with two attached hydrogens (primary N) is 2. The second-order valence-electron chi connectivity index (χ2n) is 9.64. The molecule has 10 nitrogen and oxygen atoms in total. The molecule has 1 unspecified atom stereocenters. The highest BCUT2D eigenvalue weighted by atomic mass is 35.5. The van der Waals surface area contributed by atoms with Gasteiger partial charge in [-0.3, -0.25) is 20.1 Å². The molecule has 1 heterocycles. The van der Waals surface area contributed by atoms with Gasteiger partial charge in [0, 0.05) is 24.4 Å². The molecule has 0 aliphatic heterocycles. The van der Waals surface area contributed by atoms with Gasteiger partial charge in [-0.1, -0.05) is 23.7 Å². The molecule has 1 aliphatic carbocycles. The first-order valence-corrected chi connectivity index (χ1v) is 13.1. The average molecular weight is 643 g/mol. The summed E-state index contributed by atoms with van der Waals surface area (Å²) in [5, 5.41) is 10.8. The van der Waals surface area contributed by atoms with E-state index in [1.165, 1.54) is 31.3 Å². The molecule has 2 aromatic carbocycles. The van der Waals surface area contributed by atoms with Crippen LogP contribution in [0.1, 0.15) is 46.9 Å². The van der Waals surface area contributed by atoms with Crippen LogP contribution in [0.15, 0.2) is 58.8 Å². The Balaban J connectivity index is 1.79. The minimum absolute atomic E-state index is 0.0808. The van der Waals surface area contributed by atoms with Crippen molar-refractivity contribution in [3.05, 3.63) is 76.3 Å². The lowest BCUT2D eigenvalue weighted by Gasteiger charge is -2.33. The molecule has 0 saturated heterocycles. The standard InChI is InChI=1S/C27H25ClF6N8O2/c1-38-25(37)42(23(43)17-4-2-14(9-20(17)29)16-10-40-41(11-16)24(30)31)21(12-44-26(6-7-26)27(32,33)34)15-3-5-19(28)18(8-15)22(36)39-13-35/h2-5,8-11,13,21,24H,6-7,12H2,1H3,(H2,37,38)(H3,35,36,39). The van der Waals surface area contributed by atoms with Crippen molar-refractivity contribution in [2.75, 3.05) is 13.7 Å². The summed E-state index contributed by atoms with van der Waals surface area (Å²) in [7, 11) is 1.22. The maximum Gasteiger partial charge on any atom is 0.417 e. The van der Waals surface area contributed by atoms with Crippen LogP contribution < -0.4 is 11.5 Å². The Morgan fingerprint density at radius 1 is 1.20 bits per heavy atom. The third-order valence-corrected chi connectivity index (χ3v) is 7.26. The molecule has 1 atom stereocenters. The number of amidine groups is 1. The Kier molecular flexibility index (Phi) is 9.34. The Hall–Kier alpha value is -4.44. The van der Waals surface area contributed by atoms with E-state index in [2.05, 4.69) is 15.1 Å². The number of alkyl halides is 5. The van der Waals surface area contributed by atoms with Gasteiger partial charge in [-0.05, 0) is 48.2 Å². The third kappa shape index (κ3) is 6.55. The summed E-state index contributed by atoms with van der Waals surface area (Å²) in [6.07, 6.45) is -2.59. The first-order chi connectivity index (χ1) is 20.7. The summed E-state index contributed by atoms with van der Waals surface area (Å²) in [6, 6.07) is 5.91. The first-order valence-electron chi connectivity index (χ1n) is 12.7. The molecule has 4 rings (SSSR count). The van der Waals surface area contributed by atoms with Crippen LogP contribution in [0, 0.1) is 11.2 Å². The average Bonchev–Trinajstić information content (AvgIpc) is 3.62. The molecule has 17 heteroatoms. The van der Waals surface area contributed by atoms with Crippen molar-refractivity contribution in [1.29, 1.82) is 5.41 Å². The van der Waals surface area contributed by atoms with Crippen LogP contribution in [-0.2, 0) is 4.74 Å². The van der Waals surface area contributed by atoms with Crippen LogP contribution in [-0.4, -0.2) is 64.2 Å². The SMILES string of the molecule is CN=C(N)N(C(=O)c1ccc(-c2cnn(C(F)F)c2)cc1F)C(COC1(C(F)(F)F)CC1)c1ccc(Cl)c(C(N)=NC=N)c1. The molecule has 3 aromatic rings. The van der Waals surface area contributed by atoms with Crippen molar-refractivity contribution in [2.45, 2.75) is 37.2 Å². The van der Waals surface area contributed by atoms with Crippen LogP contribution in [0.2, 0.25) is 5.02 Å². The lowest BCUT2D eigenvalue weighted by Crippen LogP contribution is -2.47. The summed E-state index contributed by atoms with van der Waals surface area (Å²) >= 11 is 6.24. The number of nitrogens with one attached hydrogen (secondary N) is 1. The Bertz CT molecular complexity index is 1620. The minimum Gasteiger partial charge on any atom is -0.383 e. The molecular formula is C27H25ClF6N8O2. The molecule has 1 aromatic heterocycles. The Morgan fingerprint density at radius 2 is 1.91 bits per heavy atom. The van der Waals surface area contributed by atoms with Crippen LogP contribution in [0.25, 0.3) is 11.1 Å². The monoisotopic (exact) mass is 642 g/mol. The van der Waals surface area contributed by atoms with E-state index in [9.17, 15) is 26.7 Å². The molecule has 0 radical (unpaired) electrons. The zero-order chi connectivity index (χ0) is 32.4. The third-order valence-electron chi connectivity index (χ3n) is 6.93. The molecule has 234 valence electrons. The fourth-order valence-corrected chi connectivity index (χ4v) is 4.59. The van der Waals surface area contributed by atoms with Gasteiger partial charge in [-0.2, -0.15) is 27.1 Å². The molecule has 1 amide bonds. The maximum absolute atomic E-state index is 15.4. The summed E-state index contributed by atoms with van der Waals surface area (Å²) in [4.78, 5) is 22.1. The number of hydrogen-bond acceptors (Lipinski definition) is 5. The van der Waals surface area contributed by atoms with E-state index in [0.29, 0.717) is 11.0 Å². The van der Waals surface area contributed by atoms with E-state index in [-0.39, 0.29) is 46.0 Å². The van der Waals surface area contributed by atoms with E-state index < -0.39 is 54.2 Å². The van der Waals surface area contributed by atoms with E-state index in [4.69, 9.17) is 33.2 Å². The smallest absolute Gasteiger partial charge is 0.383 e. The van der Waals surface area contributed by atoms with Crippen molar-refractivity contribution in [2.24, 2.45) is 21.5 Å². The van der Waals surface area contributed by atoms with Crippen molar-refractivity contribution in [3.63, 3.8) is 0 Å². The normalized spacial score (nSPS) is 15.8. The van der Waals surface area contributed by atoms with Gasteiger partial charge < -0.3 is 16.2 Å². The molecule has 1 aliphatic rings. The molecule has 44 heavy (non-hydrogen) atoms. The molecule has 0 spiro atoms. The topological polar surface area (TPSA) is 148 Å².